The van der Waals surface area contributed by atoms with Crippen molar-refractivity contribution in [2.45, 2.75) is 13.2 Å². The van der Waals surface area contributed by atoms with Crippen molar-refractivity contribution in [3.63, 3.8) is 0 Å². The van der Waals surface area contributed by atoms with Gasteiger partial charge < -0.3 is 10.4 Å². The van der Waals surface area contributed by atoms with Gasteiger partial charge in [-0.25, -0.2) is 4.39 Å². The Bertz CT molecular complexity index is 528. The van der Waals surface area contributed by atoms with E-state index in [4.69, 9.17) is 16.7 Å². The lowest BCUT2D eigenvalue weighted by Crippen LogP contribution is -2.00. The smallest absolute Gasteiger partial charge is 0.125 e. The van der Waals surface area contributed by atoms with Crippen molar-refractivity contribution in [3.8, 4) is 0 Å². The van der Waals surface area contributed by atoms with Crippen molar-refractivity contribution in [2.75, 3.05) is 5.32 Å². The van der Waals surface area contributed by atoms with E-state index in [1.165, 1.54) is 18.2 Å². The molecule has 4 heteroatoms. The van der Waals surface area contributed by atoms with Gasteiger partial charge in [-0.15, -0.1) is 0 Å². The van der Waals surface area contributed by atoms with Gasteiger partial charge in [0.1, 0.15) is 5.82 Å². The lowest BCUT2D eigenvalue weighted by atomic mass is 10.1. The molecule has 94 valence electrons. The molecule has 2 nitrogen and oxygen atoms in total. The van der Waals surface area contributed by atoms with Crippen LogP contribution in [0.5, 0.6) is 0 Å². The van der Waals surface area contributed by atoms with E-state index < -0.39 is 0 Å². The second kappa shape index (κ2) is 5.85. The van der Waals surface area contributed by atoms with Crippen LogP contribution in [-0.4, -0.2) is 5.11 Å². The highest BCUT2D eigenvalue weighted by atomic mass is 35.5. The highest BCUT2D eigenvalue weighted by molar-refractivity contribution is 6.33. The third-order valence-electron chi connectivity index (χ3n) is 2.62. The van der Waals surface area contributed by atoms with Crippen LogP contribution in [0, 0.1) is 5.82 Å². The summed E-state index contributed by atoms with van der Waals surface area (Å²) in [5.41, 5.74) is 2.47. The van der Waals surface area contributed by atoms with E-state index in [0.29, 0.717) is 17.3 Å². The Morgan fingerprint density at radius 2 is 1.72 bits per heavy atom. The minimum Gasteiger partial charge on any atom is -0.392 e. The van der Waals surface area contributed by atoms with E-state index in [0.717, 1.165) is 11.1 Å². The topological polar surface area (TPSA) is 32.3 Å². The largest absolute Gasteiger partial charge is 0.392 e. The molecule has 2 rings (SSSR count). The van der Waals surface area contributed by atoms with Gasteiger partial charge in [0, 0.05) is 6.54 Å². The highest BCUT2D eigenvalue weighted by Crippen LogP contribution is 2.23. The summed E-state index contributed by atoms with van der Waals surface area (Å²) >= 11 is 5.95. The van der Waals surface area contributed by atoms with Gasteiger partial charge in [0.2, 0.25) is 0 Å². The number of rotatable bonds is 4. The number of aliphatic hydroxyl groups excluding tert-OH is 1. The second-order valence-corrected chi connectivity index (χ2v) is 4.36. The summed E-state index contributed by atoms with van der Waals surface area (Å²) in [6.45, 7) is 0.582. The molecule has 0 radical (unpaired) electrons. The van der Waals surface area contributed by atoms with Crippen LogP contribution in [0.4, 0.5) is 10.1 Å². The van der Waals surface area contributed by atoms with E-state index in [9.17, 15) is 4.39 Å². The van der Waals surface area contributed by atoms with Crippen LogP contribution >= 0.6 is 11.6 Å². The van der Waals surface area contributed by atoms with Crippen molar-refractivity contribution < 1.29 is 9.50 Å². The van der Waals surface area contributed by atoms with E-state index in [1.807, 2.05) is 24.3 Å². The van der Waals surface area contributed by atoms with E-state index in [2.05, 4.69) is 5.32 Å². The standard InChI is InChI=1S/C14H13ClFNO/c15-13-6-5-12(16)7-14(13)17-8-10-1-3-11(9-18)4-2-10/h1-7,17-18H,8-9H2. The number of benzene rings is 2. The van der Waals surface area contributed by atoms with Gasteiger partial charge in [0.25, 0.3) is 0 Å². The lowest BCUT2D eigenvalue weighted by Gasteiger charge is -2.09. The third kappa shape index (κ3) is 3.22. The lowest BCUT2D eigenvalue weighted by molar-refractivity contribution is 0.282. The van der Waals surface area contributed by atoms with E-state index in [1.54, 1.807) is 0 Å². The number of hydrogen-bond donors (Lipinski definition) is 2. The zero-order chi connectivity index (χ0) is 13.0. The van der Waals surface area contributed by atoms with Crippen molar-refractivity contribution in [2.24, 2.45) is 0 Å². The van der Waals surface area contributed by atoms with Crippen molar-refractivity contribution in [1.82, 2.24) is 0 Å². The molecule has 0 aromatic heterocycles. The van der Waals surface area contributed by atoms with E-state index >= 15 is 0 Å². The average Bonchev–Trinajstić information content (AvgIpc) is 2.40. The fourth-order valence-corrected chi connectivity index (χ4v) is 1.78. The minimum atomic E-state index is -0.322. The molecule has 0 aliphatic rings. The van der Waals surface area contributed by atoms with Crippen LogP contribution in [0.15, 0.2) is 42.5 Å². The number of aliphatic hydroxyl groups is 1. The van der Waals surface area contributed by atoms with Gasteiger partial charge in [0.05, 0.1) is 17.3 Å². The van der Waals surface area contributed by atoms with Crippen molar-refractivity contribution in [1.29, 1.82) is 0 Å². The Hall–Kier alpha value is -1.58. The van der Waals surface area contributed by atoms with Crippen LogP contribution in [0.1, 0.15) is 11.1 Å². The Balaban J connectivity index is 2.04. The summed E-state index contributed by atoms with van der Waals surface area (Å²) in [6, 6.07) is 11.7. The Morgan fingerprint density at radius 3 is 2.39 bits per heavy atom. The summed E-state index contributed by atoms with van der Waals surface area (Å²) in [7, 11) is 0. The molecule has 2 N–H and O–H groups in total. The summed E-state index contributed by atoms with van der Waals surface area (Å²) in [6.07, 6.45) is 0. The summed E-state index contributed by atoms with van der Waals surface area (Å²) in [4.78, 5) is 0. The zero-order valence-electron chi connectivity index (χ0n) is 9.66. The Labute approximate surface area is 110 Å². The normalized spacial score (nSPS) is 10.4. The minimum absolute atomic E-state index is 0.0312. The van der Waals surface area contributed by atoms with Crippen molar-refractivity contribution >= 4 is 17.3 Å². The molecule has 2 aromatic carbocycles. The molecule has 0 bridgehead atoms. The fourth-order valence-electron chi connectivity index (χ4n) is 1.59. The predicted molar refractivity (Wildman–Crippen MR) is 71.1 cm³/mol. The molecule has 18 heavy (non-hydrogen) atoms. The maximum absolute atomic E-state index is 13.0. The maximum Gasteiger partial charge on any atom is 0.125 e. The third-order valence-corrected chi connectivity index (χ3v) is 2.95. The van der Waals surface area contributed by atoms with Crippen LogP contribution in [0.2, 0.25) is 5.02 Å². The molecule has 0 spiro atoms. The molecule has 0 fully saturated rings. The molecule has 0 unspecified atom stereocenters. The highest BCUT2D eigenvalue weighted by Gasteiger charge is 2.02. The summed E-state index contributed by atoms with van der Waals surface area (Å²) in [5, 5.41) is 12.5. The maximum atomic E-state index is 13.0. The predicted octanol–water partition coefficient (Wildman–Crippen LogP) is 3.58. The number of anilines is 1. The molecule has 0 aliphatic carbocycles. The molecule has 0 saturated carbocycles. The van der Waals surface area contributed by atoms with Gasteiger partial charge in [-0.05, 0) is 29.3 Å². The summed E-state index contributed by atoms with van der Waals surface area (Å²) in [5.74, 6) is -0.322. The second-order valence-electron chi connectivity index (χ2n) is 3.95. The Kier molecular flexibility index (Phi) is 4.18. The quantitative estimate of drug-likeness (QED) is 0.886. The molecular formula is C14H13ClFNO. The molecular weight excluding hydrogens is 253 g/mol. The fraction of sp³-hybridized carbons (Fsp3) is 0.143. The van der Waals surface area contributed by atoms with Crippen LogP contribution in [0.25, 0.3) is 0 Å². The monoisotopic (exact) mass is 265 g/mol. The molecule has 0 amide bonds. The van der Waals surface area contributed by atoms with Gasteiger partial charge in [-0.1, -0.05) is 35.9 Å². The van der Waals surface area contributed by atoms with Crippen molar-refractivity contribution in [3.05, 3.63) is 64.4 Å². The molecule has 0 atom stereocenters. The number of nitrogens with one attached hydrogen (secondary N) is 1. The van der Waals surface area contributed by atoms with Gasteiger partial charge in [0.15, 0.2) is 0 Å². The van der Waals surface area contributed by atoms with E-state index in [-0.39, 0.29) is 12.4 Å². The van der Waals surface area contributed by atoms with Gasteiger partial charge in [-0.3, -0.25) is 0 Å². The zero-order valence-corrected chi connectivity index (χ0v) is 10.4. The number of halogens is 2. The van der Waals surface area contributed by atoms with Gasteiger partial charge >= 0.3 is 0 Å². The average molecular weight is 266 g/mol. The summed E-state index contributed by atoms with van der Waals surface area (Å²) < 4.78 is 13.0. The van der Waals surface area contributed by atoms with Gasteiger partial charge in [-0.2, -0.15) is 0 Å². The first-order chi connectivity index (χ1) is 8.69. The molecule has 0 saturated heterocycles. The molecule has 0 heterocycles. The first-order valence-corrected chi connectivity index (χ1v) is 5.94. The van der Waals surface area contributed by atoms with Crippen LogP contribution in [-0.2, 0) is 13.2 Å². The first kappa shape index (κ1) is 12.9. The van der Waals surface area contributed by atoms with Crippen LogP contribution in [0.3, 0.4) is 0 Å². The SMILES string of the molecule is OCc1ccc(CNc2cc(F)ccc2Cl)cc1. The molecule has 0 aliphatic heterocycles. The Morgan fingerprint density at radius 1 is 1.06 bits per heavy atom. The number of hydrogen-bond acceptors (Lipinski definition) is 2. The van der Waals surface area contributed by atoms with Crippen LogP contribution < -0.4 is 5.32 Å². The first-order valence-electron chi connectivity index (χ1n) is 5.56. The molecule has 2 aromatic rings.